The molecule has 0 spiro atoms. The molecule has 4 saturated carbocycles. The molecule has 0 aromatic rings. The summed E-state index contributed by atoms with van der Waals surface area (Å²) in [6.45, 7) is 11.6. The third kappa shape index (κ3) is 2.76. The molecule has 4 aliphatic carbocycles. The van der Waals surface area contributed by atoms with Crippen molar-refractivity contribution in [3.8, 4) is 0 Å². The third-order valence-electron chi connectivity index (χ3n) is 9.85. The molecule has 0 bridgehead atoms. The Bertz CT molecular complexity index is 554. The quantitative estimate of drug-likeness (QED) is 0.545. The van der Waals surface area contributed by atoms with E-state index in [0.29, 0.717) is 10.8 Å². The largest absolute Gasteiger partial charge is 0.462 e. The normalized spacial score (nSPS) is 50.7. The zero-order valence-electron chi connectivity index (χ0n) is 17.7. The van der Waals surface area contributed by atoms with E-state index in [4.69, 9.17) is 4.74 Å². The van der Waals surface area contributed by atoms with Crippen LogP contribution in [0.15, 0.2) is 0 Å². The van der Waals surface area contributed by atoms with E-state index in [9.17, 15) is 4.79 Å². The first-order valence-electron chi connectivity index (χ1n) is 11.5. The molecule has 0 aromatic heterocycles. The zero-order valence-corrected chi connectivity index (χ0v) is 17.7. The van der Waals surface area contributed by atoms with Crippen molar-refractivity contribution in [2.24, 2.45) is 46.3 Å². The van der Waals surface area contributed by atoms with Crippen LogP contribution in [0.2, 0.25) is 0 Å². The van der Waals surface area contributed by atoms with Gasteiger partial charge in [-0.2, -0.15) is 0 Å². The Labute approximate surface area is 160 Å². The Morgan fingerprint density at radius 1 is 0.923 bits per heavy atom. The number of ether oxygens (including phenoxy) is 1. The molecule has 4 rings (SSSR count). The molecule has 2 heteroatoms. The first-order valence-corrected chi connectivity index (χ1v) is 11.5. The lowest BCUT2D eigenvalue weighted by Crippen LogP contribution is -2.54. The number of carbonyl (C=O) groups is 1. The van der Waals surface area contributed by atoms with Crippen molar-refractivity contribution >= 4 is 5.97 Å². The predicted molar refractivity (Wildman–Crippen MR) is 106 cm³/mol. The van der Waals surface area contributed by atoms with E-state index < -0.39 is 0 Å². The maximum Gasteiger partial charge on any atom is 0.308 e. The summed E-state index contributed by atoms with van der Waals surface area (Å²) < 4.78 is 5.84. The highest BCUT2D eigenvalue weighted by Crippen LogP contribution is 2.67. The van der Waals surface area contributed by atoms with Gasteiger partial charge in [0.05, 0.1) is 5.92 Å². The topological polar surface area (TPSA) is 26.3 Å². The van der Waals surface area contributed by atoms with Crippen LogP contribution in [0.25, 0.3) is 0 Å². The van der Waals surface area contributed by atoms with E-state index in [-0.39, 0.29) is 18.0 Å². The molecule has 0 aromatic carbocycles. The van der Waals surface area contributed by atoms with E-state index in [1.54, 1.807) is 0 Å². The molecule has 0 N–H and O–H groups in total. The Kier molecular flexibility index (Phi) is 4.72. The van der Waals surface area contributed by atoms with Crippen LogP contribution in [0.3, 0.4) is 0 Å². The van der Waals surface area contributed by atoms with Gasteiger partial charge in [-0.15, -0.1) is 0 Å². The molecule has 0 heterocycles. The van der Waals surface area contributed by atoms with E-state index in [1.807, 2.05) is 13.8 Å². The molecule has 148 valence electrons. The minimum Gasteiger partial charge on any atom is -0.462 e. The van der Waals surface area contributed by atoms with Crippen LogP contribution >= 0.6 is 0 Å². The summed E-state index contributed by atoms with van der Waals surface area (Å²) in [5.41, 5.74) is 1.12. The van der Waals surface area contributed by atoms with Gasteiger partial charge in [0.2, 0.25) is 0 Å². The summed E-state index contributed by atoms with van der Waals surface area (Å²) in [7, 11) is 0. The molecule has 0 aliphatic heterocycles. The van der Waals surface area contributed by atoms with Crippen LogP contribution in [0, 0.1) is 46.3 Å². The Morgan fingerprint density at radius 2 is 1.62 bits per heavy atom. The van der Waals surface area contributed by atoms with Crippen LogP contribution in [0.4, 0.5) is 0 Å². The molecule has 2 nitrogen and oxygen atoms in total. The molecule has 26 heavy (non-hydrogen) atoms. The van der Waals surface area contributed by atoms with Crippen LogP contribution in [-0.2, 0) is 9.53 Å². The maximum atomic E-state index is 12.0. The lowest BCUT2D eigenvalue weighted by Gasteiger charge is -2.61. The van der Waals surface area contributed by atoms with Gasteiger partial charge in [-0.05, 0) is 98.2 Å². The van der Waals surface area contributed by atoms with Crippen molar-refractivity contribution in [1.29, 1.82) is 0 Å². The van der Waals surface area contributed by atoms with Gasteiger partial charge in [0.25, 0.3) is 0 Å². The molecular weight excluding hydrogens is 320 g/mol. The van der Waals surface area contributed by atoms with E-state index in [0.717, 1.165) is 42.4 Å². The summed E-state index contributed by atoms with van der Waals surface area (Å²) in [6.07, 6.45) is 12.3. The van der Waals surface area contributed by atoms with Gasteiger partial charge < -0.3 is 4.74 Å². The summed E-state index contributed by atoms with van der Waals surface area (Å²) in [4.78, 5) is 12.0. The predicted octanol–water partition coefficient (Wildman–Crippen LogP) is 6.23. The molecule has 4 fully saturated rings. The van der Waals surface area contributed by atoms with Crippen LogP contribution in [0.5, 0.6) is 0 Å². The lowest BCUT2D eigenvalue weighted by atomic mass is 9.45. The van der Waals surface area contributed by atoms with Gasteiger partial charge in [-0.1, -0.05) is 34.6 Å². The Hall–Kier alpha value is -0.530. The highest BCUT2D eigenvalue weighted by atomic mass is 16.5. The zero-order chi connectivity index (χ0) is 18.7. The number of rotatable bonds is 2. The molecule has 4 aliphatic rings. The fraction of sp³-hybridized carbons (Fsp3) is 0.958. The van der Waals surface area contributed by atoms with Gasteiger partial charge in [-0.3, -0.25) is 4.79 Å². The number of esters is 1. The molecule has 0 radical (unpaired) electrons. The van der Waals surface area contributed by atoms with Crippen molar-refractivity contribution in [3.05, 3.63) is 0 Å². The Balaban J connectivity index is 1.48. The van der Waals surface area contributed by atoms with Crippen molar-refractivity contribution in [2.75, 3.05) is 0 Å². The van der Waals surface area contributed by atoms with Crippen molar-refractivity contribution in [2.45, 2.75) is 98.5 Å². The standard InChI is InChI=1S/C24H40O2/c1-15(2)22(25)26-18-10-12-24(5)17(14-18)7-8-19-20-9-6-16(3)23(20,4)13-11-21(19)24/h15-21H,6-14H2,1-5H3. The fourth-order valence-corrected chi connectivity index (χ4v) is 7.89. The van der Waals surface area contributed by atoms with Crippen LogP contribution in [-0.4, -0.2) is 12.1 Å². The Morgan fingerprint density at radius 3 is 2.35 bits per heavy atom. The molecule has 8 atom stereocenters. The average molecular weight is 361 g/mol. The highest BCUT2D eigenvalue weighted by molar-refractivity contribution is 5.71. The summed E-state index contributed by atoms with van der Waals surface area (Å²) in [6, 6.07) is 0. The summed E-state index contributed by atoms with van der Waals surface area (Å²) in [5, 5.41) is 0. The van der Waals surface area contributed by atoms with Gasteiger partial charge in [0.15, 0.2) is 0 Å². The van der Waals surface area contributed by atoms with Crippen LogP contribution < -0.4 is 0 Å². The van der Waals surface area contributed by atoms with E-state index >= 15 is 0 Å². The average Bonchev–Trinajstić information content (AvgIpc) is 2.90. The van der Waals surface area contributed by atoms with Gasteiger partial charge >= 0.3 is 5.97 Å². The molecule has 8 unspecified atom stereocenters. The van der Waals surface area contributed by atoms with Crippen LogP contribution in [0.1, 0.15) is 92.4 Å². The first-order chi connectivity index (χ1) is 12.3. The maximum absolute atomic E-state index is 12.0. The lowest BCUT2D eigenvalue weighted by molar-refractivity contribution is -0.165. The summed E-state index contributed by atoms with van der Waals surface area (Å²) >= 11 is 0. The number of hydrogen-bond donors (Lipinski definition) is 0. The summed E-state index contributed by atoms with van der Waals surface area (Å²) in [5.74, 6) is 4.56. The second kappa shape index (κ2) is 6.52. The highest BCUT2D eigenvalue weighted by Gasteiger charge is 2.59. The first kappa shape index (κ1) is 18.8. The molecule has 0 amide bonds. The second-order valence-electron chi connectivity index (χ2n) is 11.2. The second-order valence-corrected chi connectivity index (χ2v) is 11.2. The van der Waals surface area contributed by atoms with E-state index in [1.165, 1.54) is 44.9 Å². The third-order valence-corrected chi connectivity index (χ3v) is 9.85. The van der Waals surface area contributed by atoms with Crippen molar-refractivity contribution in [3.63, 3.8) is 0 Å². The van der Waals surface area contributed by atoms with Crippen molar-refractivity contribution < 1.29 is 9.53 Å². The SMILES string of the molecule is CC(C)C(=O)OC1CCC2(C)C(CCC3C4CCC(C)C4(C)CCC32)C1. The minimum absolute atomic E-state index is 0.000533. The smallest absolute Gasteiger partial charge is 0.308 e. The van der Waals surface area contributed by atoms with Crippen molar-refractivity contribution in [1.82, 2.24) is 0 Å². The minimum atomic E-state index is -0.000533. The van der Waals surface area contributed by atoms with Gasteiger partial charge in [0.1, 0.15) is 6.10 Å². The monoisotopic (exact) mass is 360 g/mol. The van der Waals surface area contributed by atoms with Gasteiger partial charge in [0, 0.05) is 0 Å². The molecular formula is C24H40O2. The number of hydrogen-bond acceptors (Lipinski definition) is 2. The van der Waals surface area contributed by atoms with E-state index in [2.05, 4.69) is 20.8 Å². The molecule has 0 saturated heterocycles. The number of fused-ring (bicyclic) bond motifs is 5. The van der Waals surface area contributed by atoms with Gasteiger partial charge in [-0.25, -0.2) is 0 Å². The number of carbonyl (C=O) groups excluding carboxylic acids is 1. The fourth-order valence-electron chi connectivity index (χ4n) is 7.89.